The quantitative estimate of drug-likeness (QED) is 0.439. The molecule has 0 aliphatic rings. The van der Waals surface area contributed by atoms with Crippen LogP contribution in [-0.4, -0.2) is 33.0 Å². The molecule has 2 aromatic carbocycles. The second kappa shape index (κ2) is 8.08. The Bertz CT molecular complexity index is 1050. The smallest absolute Gasteiger partial charge is 0.206 e. The second-order valence-corrected chi connectivity index (χ2v) is 8.18. The molecule has 2 aromatic heterocycles. The van der Waals surface area contributed by atoms with Crippen LogP contribution in [0.4, 0.5) is 5.13 Å². The van der Waals surface area contributed by atoms with Crippen LogP contribution in [0.15, 0.2) is 48.5 Å². The van der Waals surface area contributed by atoms with E-state index in [0.29, 0.717) is 12.5 Å². The Hall–Kier alpha value is -2.77. The summed E-state index contributed by atoms with van der Waals surface area (Å²) >= 11 is 1.55. The summed E-state index contributed by atoms with van der Waals surface area (Å²) in [6, 6.07) is 16.7. The SMILES string of the molecule is CC(C)c1n[nH]c2ccc(-c3nnc(N[C@H](CN)Cc4ccccc4)s3)cc12. The Labute approximate surface area is 168 Å². The number of hydrogen-bond donors (Lipinski definition) is 3. The van der Waals surface area contributed by atoms with Gasteiger partial charge < -0.3 is 11.1 Å². The van der Waals surface area contributed by atoms with Gasteiger partial charge >= 0.3 is 0 Å². The first-order valence-corrected chi connectivity index (χ1v) is 10.3. The standard InChI is InChI=1S/C21H24N6S/c1-13(2)19-17-11-15(8-9-18(17)24-25-19)20-26-27-21(28-20)23-16(12-22)10-14-6-4-3-5-7-14/h3-9,11,13,16H,10,12,22H2,1-2H3,(H,23,27)(H,24,25)/t16-/m0/s1. The van der Waals surface area contributed by atoms with Crippen LogP contribution in [0.5, 0.6) is 0 Å². The van der Waals surface area contributed by atoms with Crippen molar-refractivity contribution in [2.45, 2.75) is 32.2 Å². The number of aromatic amines is 1. The van der Waals surface area contributed by atoms with Crippen molar-refractivity contribution in [3.05, 3.63) is 59.8 Å². The summed E-state index contributed by atoms with van der Waals surface area (Å²) in [5.41, 5.74) is 10.4. The molecule has 6 nitrogen and oxygen atoms in total. The van der Waals surface area contributed by atoms with Crippen molar-refractivity contribution in [1.29, 1.82) is 0 Å². The average molecular weight is 393 g/mol. The van der Waals surface area contributed by atoms with Gasteiger partial charge in [-0.15, -0.1) is 10.2 Å². The van der Waals surface area contributed by atoms with Crippen LogP contribution in [0.1, 0.15) is 31.0 Å². The molecule has 1 atom stereocenters. The van der Waals surface area contributed by atoms with E-state index in [1.807, 2.05) is 18.2 Å². The van der Waals surface area contributed by atoms with E-state index >= 15 is 0 Å². The lowest BCUT2D eigenvalue weighted by Gasteiger charge is -2.15. The number of anilines is 1. The van der Waals surface area contributed by atoms with Crippen LogP contribution >= 0.6 is 11.3 Å². The van der Waals surface area contributed by atoms with E-state index in [2.05, 4.69) is 69.9 Å². The van der Waals surface area contributed by atoms with Crippen LogP contribution in [0, 0.1) is 0 Å². The minimum atomic E-state index is 0.118. The lowest BCUT2D eigenvalue weighted by atomic mass is 10.0. The topological polar surface area (TPSA) is 92.5 Å². The van der Waals surface area contributed by atoms with Crippen LogP contribution in [-0.2, 0) is 6.42 Å². The normalized spacial score (nSPS) is 12.6. The van der Waals surface area contributed by atoms with Crippen LogP contribution in [0.25, 0.3) is 21.5 Å². The van der Waals surface area contributed by atoms with Crippen molar-refractivity contribution < 1.29 is 0 Å². The van der Waals surface area contributed by atoms with E-state index in [0.717, 1.165) is 38.7 Å². The fraction of sp³-hybridized carbons (Fsp3) is 0.286. The average Bonchev–Trinajstić information content (AvgIpc) is 3.34. The highest BCUT2D eigenvalue weighted by Crippen LogP contribution is 2.31. The number of nitrogens with one attached hydrogen (secondary N) is 2. The van der Waals surface area contributed by atoms with Crippen molar-refractivity contribution in [3.8, 4) is 10.6 Å². The molecule has 0 amide bonds. The molecule has 144 valence electrons. The molecule has 0 saturated heterocycles. The van der Waals surface area contributed by atoms with Crippen molar-refractivity contribution in [1.82, 2.24) is 20.4 Å². The Balaban J connectivity index is 1.53. The molecule has 28 heavy (non-hydrogen) atoms. The van der Waals surface area contributed by atoms with E-state index in [4.69, 9.17) is 5.73 Å². The second-order valence-electron chi connectivity index (χ2n) is 7.20. The highest BCUT2D eigenvalue weighted by Gasteiger charge is 2.14. The maximum atomic E-state index is 5.97. The number of benzene rings is 2. The zero-order chi connectivity index (χ0) is 19.5. The van der Waals surface area contributed by atoms with Gasteiger partial charge in [0.25, 0.3) is 0 Å². The van der Waals surface area contributed by atoms with Gasteiger partial charge in [-0.3, -0.25) is 5.10 Å². The third-order valence-electron chi connectivity index (χ3n) is 4.75. The van der Waals surface area contributed by atoms with Gasteiger partial charge in [0.05, 0.1) is 11.2 Å². The summed E-state index contributed by atoms with van der Waals surface area (Å²) < 4.78 is 0. The van der Waals surface area contributed by atoms with Gasteiger partial charge in [0.1, 0.15) is 5.01 Å². The number of nitrogens with two attached hydrogens (primary N) is 1. The molecule has 0 aliphatic carbocycles. The van der Waals surface area contributed by atoms with E-state index in [9.17, 15) is 0 Å². The van der Waals surface area contributed by atoms with Crippen molar-refractivity contribution in [3.63, 3.8) is 0 Å². The van der Waals surface area contributed by atoms with Gasteiger partial charge in [-0.05, 0) is 36.1 Å². The number of aromatic nitrogens is 4. The monoisotopic (exact) mass is 392 g/mol. The Morgan fingerprint density at radius 3 is 2.68 bits per heavy atom. The molecule has 0 saturated carbocycles. The van der Waals surface area contributed by atoms with Crippen LogP contribution in [0.3, 0.4) is 0 Å². The summed E-state index contributed by atoms with van der Waals surface area (Å²) in [5, 5.41) is 22.5. The van der Waals surface area contributed by atoms with Gasteiger partial charge in [0.2, 0.25) is 5.13 Å². The predicted octanol–water partition coefficient (Wildman–Crippen LogP) is 4.19. The van der Waals surface area contributed by atoms with E-state index in [1.165, 1.54) is 5.56 Å². The largest absolute Gasteiger partial charge is 0.356 e. The Morgan fingerprint density at radius 1 is 1.11 bits per heavy atom. The van der Waals surface area contributed by atoms with Gasteiger partial charge in [-0.2, -0.15) is 5.10 Å². The summed E-state index contributed by atoms with van der Waals surface area (Å²) in [6.45, 7) is 4.83. The maximum Gasteiger partial charge on any atom is 0.206 e. The number of fused-ring (bicyclic) bond motifs is 1. The number of nitrogens with zero attached hydrogens (tertiary/aromatic N) is 3. The molecule has 0 aliphatic heterocycles. The first-order chi connectivity index (χ1) is 13.6. The number of rotatable bonds is 7. The zero-order valence-corrected chi connectivity index (χ0v) is 16.8. The zero-order valence-electron chi connectivity index (χ0n) is 16.0. The summed E-state index contributed by atoms with van der Waals surface area (Å²) in [4.78, 5) is 0. The lowest BCUT2D eigenvalue weighted by molar-refractivity contribution is 0.721. The fourth-order valence-electron chi connectivity index (χ4n) is 3.27. The Morgan fingerprint density at radius 2 is 1.93 bits per heavy atom. The van der Waals surface area contributed by atoms with Gasteiger partial charge in [0.15, 0.2) is 0 Å². The molecular formula is C21H24N6S. The molecule has 7 heteroatoms. The van der Waals surface area contributed by atoms with E-state index < -0.39 is 0 Å². The molecule has 2 heterocycles. The van der Waals surface area contributed by atoms with Gasteiger partial charge in [0, 0.05) is 23.5 Å². The molecule has 4 rings (SSSR count). The summed E-state index contributed by atoms with van der Waals surface area (Å²) in [5.74, 6) is 0.360. The summed E-state index contributed by atoms with van der Waals surface area (Å²) in [6.07, 6.45) is 0.852. The Kier molecular flexibility index (Phi) is 5.36. The highest BCUT2D eigenvalue weighted by molar-refractivity contribution is 7.18. The molecule has 0 spiro atoms. The molecule has 4 aromatic rings. The third kappa shape index (κ3) is 3.90. The van der Waals surface area contributed by atoms with Crippen molar-refractivity contribution in [2.75, 3.05) is 11.9 Å². The molecular weight excluding hydrogens is 368 g/mol. The van der Waals surface area contributed by atoms with Gasteiger partial charge in [-0.1, -0.05) is 55.5 Å². The molecule has 0 bridgehead atoms. The molecule has 0 fully saturated rings. The van der Waals surface area contributed by atoms with E-state index in [1.54, 1.807) is 11.3 Å². The first kappa shape index (κ1) is 18.6. The summed E-state index contributed by atoms with van der Waals surface area (Å²) in [7, 11) is 0. The minimum Gasteiger partial charge on any atom is -0.356 e. The molecule has 4 N–H and O–H groups in total. The molecule has 0 radical (unpaired) electrons. The van der Waals surface area contributed by atoms with Gasteiger partial charge in [-0.25, -0.2) is 0 Å². The molecule has 0 unspecified atom stereocenters. The number of hydrogen-bond acceptors (Lipinski definition) is 6. The third-order valence-corrected chi connectivity index (χ3v) is 5.65. The maximum absolute atomic E-state index is 5.97. The number of H-pyrrole nitrogens is 1. The van der Waals surface area contributed by atoms with Crippen LogP contribution in [0.2, 0.25) is 0 Å². The highest BCUT2D eigenvalue weighted by atomic mass is 32.1. The first-order valence-electron chi connectivity index (χ1n) is 9.46. The minimum absolute atomic E-state index is 0.118. The van der Waals surface area contributed by atoms with Crippen molar-refractivity contribution >= 4 is 27.4 Å². The van der Waals surface area contributed by atoms with E-state index in [-0.39, 0.29) is 6.04 Å². The van der Waals surface area contributed by atoms with Crippen LogP contribution < -0.4 is 11.1 Å². The lowest BCUT2D eigenvalue weighted by Crippen LogP contribution is -2.30. The van der Waals surface area contributed by atoms with Crippen molar-refractivity contribution in [2.24, 2.45) is 5.73 Å². The fourth-order valence-corrected chi connectivity index (χ4v) is 4.09. The predicted molar refractivity (Wildman–Crippen MR) is 116 cm³/mol.